The lowest BCUT2D eigenvalue weighted by Gasteiger charge is -2.35. The molecular weight excluding hydrogens is 494 g/mol. The summed E-state index contributed by atoms with van der Waals surface area (Å²) < 4.78 is 29.3. The molecule has 2 aliphatic rings. The Morgan fingerprint density at radius 1 is 1.03 bits per heavy atom. The Kier molecular flexibility index (Phi) is 6.65. The van der Waals surface area contributed by atoms with Gasteiger partial charge in [0, 0.05) is 53.8 Å². The van der Waals surface area contributed by atoms with E-state index in [4.69, 9.17) is 0 Å². The van der Waals surface area contributed by atoms with Crippen molar-refractivity contribution >= 4 is 44.2 Å². The van der Waals surface area contributed by atoms with Gasteiger partial charge in [-0.25, -0.2) is 13.4 Å². The molecule has 0 radical (unpaired) electrons. The van der Waals surface area contributed by atoms with E-state index in [2.05, 4.69) is 26.6 Å². The van der Waals surface area contributed by atoms with Crippen LogP contribution < -0.4 is 4.90 Å². The molecule has 1 aliphatic carbocycles. The number of aromatic nitrogens is 2. The second kappa shape index (κ2) is 9.88. The van der Waals surface area contributed by atoms with Crippen LogP contribution in [0.3, 0.4) is 0 Å². The number of nitrogens with zero attached hydrogens (tertiary/aromatic N) is 5. The molecule has 1 N–H and O–H groups in total. The first kappa shape index (κ1) is 24.2. The third kappa shape index (κ3) is 4.55. The minimum absolute atomic E-state index is 0.0441. The summed E-state index contributed by atoms with van der Waals surface area (Å²) in [6, 6.07) is 13.5. The molecule has 2 aromatic heterocycles. The summed E-state index contributed by atoms with van der Waals surface area (Å²) in [4.78, 5) is 12.2. The molecule has 1 saturated heterocycles. The molecule has 1 fully saturated rings. The number of oxime groups is 1. The van der Waals surface area contributed by atoms with Crippen molar-refractivity contribution in [1.82, 2.24) is 14.3 Å². The number of allylic oxidation sites excluding steroid dienone is 4. The van der Waals surface area contributed by atoms with E-state index in [1.54, 1.807) is 24.5 Å². The van der Waals surface area contributed by atoms with Gasteiger partial charge in [0.25, 0.3) is 0 Å². The van der Waals surface area contributed by atoms with Crippen LogP contribution in [0.5, 0.6) is 0 Å². The predicted octanol–water partition coefficient (Wildman–Crippen LogP) is 4.35. The molecule has 3 aromatic rings. The molecule has 0 bridgehead atoms. The Morgan fingerprint density at radius 2 is 1.81 bits per heavy atom. The normalized spacial score (nSPS) is 18.4. The van der Waals surface area contributed by atoms with Gasteiger partial charge in [-0.3, -0.25) is 4.98 Å². The smallest absolute Gasteiger partial charge is 0.246 e. The molecule has 5 rings (SSSR count). The number of hydrogen-bond donors (Lipinski definition) is 1. The van der Waals surface area contributed by atoms with Crippen molar-refractivity contribution in [2.24, 2.45) is 5.16 Å². The summed E-state index contributed by atoms with van der Waals surface area (Å²) >= 11 is 1.28. The van der Waals surface area contributed by atoms with Crippen LogP contribution in [0, 0.1) is 6.92 Å². The number of hydrogen-bond acceptors (Lipinski definition) is 8. The van der Waals surface area contributed by atoms with Crippen molar-refractivity contribution in [3.05, 3.63) is 94.5 Å². The van der Waals surface area contributed by atoms with Gasteiger partial charge in [-0.05, 0) is 42.3 Å². The highest BCUT2D eigenvalue weighted by molar-refractivity contribution is 8.05. The van der Waals surface area contributed by atoms with Crippen molar-refractivity contribution in [2.75, 3.05) is 31.1 Å². The summed E-state index contributed by atoms with van der Waals surface area (Å²) in [5, 5.41) is 14.1. The fourth-order valence-corrected chi connectivity index (χ4v) is 7.30. The minimum Gasteiger partial charge on any atom is -0.410 e. The first-order valence-electron chi connectivity index (χ1n) is 11.4. The molecule has 1 aliphatic heterocycles. The third-order valence-corrected chi connectivity index (χ3v) is 9.36. The predicted molar refractivity (Wildman–Crippen MR) is 144 cm³/mol. The number of pyridine rings is 2. The number of anilines is 1. The highest BCUT2D eigenvalue weighted by Gasteiger charge is 2.37. The highest BCUT2D eigenvalue weighted by Crippen LogP contribution is 2.39. The molecule has 36 heavy (non-hydrogen) atoms. The SMILES string of the molecule is C=C1C=CC(Sc2cccc3cccnc23)=C(S(=O)(=O)N2CCN(c3ccc(C)cn3)CC2)/C1=N/O. The van der Waals surface area contributed by atoms with Crippen LogP contribution in [0.25, 0.3) is 10.9 Å². The number of aryl methyl sites for hydroxylation is 1. The van der Waals surface area contributed by atoms with Crippen molar-refractivity contribution in [3.8, 4) is 0 Å². The quantitative estimate of drug-likeness (QED) is 0.395. The number of piperazine rings is 1. The molecule has 10 heteroatoms. The zero-order valence-electron chi connectivity index (χ0n) is 19.7. The summed E-state index contributed by atoms with van der Waals surface area (Å²) in [6.45, 7) is 7.44. The maximum atomic E-state index is 13.9. The maximum absolute atomic E-state index is 13.9. The standard InChI is InChI=1S/C26H25N5O3S2/c1-18-8-11-23(28-17-18)30-13-15-31(16-14-30)36(33,34)26-22(10-9-19(2)24(26)29-32)35-21-7-3-5-20-6-4-12-27-25(20)21/h3-12,17,32H,2,13-16H2,1H3/b29-24+. The molecule has 0 atom stereocenters. The highest BCUT2D eigenvalue weighted by atomic mass is 32.2. The van der Waals surface area contributed by atoms with E-state index in [9.17, 15) is 13.6 Å². The van der Waals surface area contributed by atoms with Crippen molar-refractivity contribution in [2.45, 2.75) is 11.8 Å². The van der Waals surface area contributed by atoms with Gasteiger partial charge in [0.15, 0.2) is 0 Å². The molecule has 0 spiro atoms. The molecule has 0 amide bonds. The van der Waals surface area contributed by atoms with Gasteiger partial charge in [0.1, 0.15) is 16.4 Å². The zero-order valence-corrected chi connectivity index (χ0v) is 21.3. The lowest BCUT2D eigenvalue weighted by Crippen LogP contribution is -2.50. The zero-order chi connectivity index (χ0) is 25.3. The van der Waals surface area contributed by atoms with Crippen LogP contribution in [0.1, 0.15) is 5.56 Å². The van der Waals surface area contributed by atoms with Gasteiger partial charge in [-0.2, -0.15) is 4.31 Å². The second-order valence-corrected chi connectivity index (χ2v) is 11.5. The number of sulfonamides is 1. The minimum atomic E-state index is -3.99. The molecule has 0 unspecified atom stereocenters. The lowest BCUT2D eigenvalue weighted by molar-refractivity contribution is 0.319. The van der Waals surface area contributed by atoms with Gasteiger partial charge in [0.05, 0.1) is 5.52 Å². The van der Waals surface area contributed by atoms with Crippen LogP contribution in [0.4, 0.5) is 5.82 Å². The summed E-state index contributed by atoms with van der Waals surface area (Å²) in [5.41, 5.74) is 2.13. The number of thioether (sulfide) groups is 1. The van der Waals surface area contributed by atoms with Gasteiger partial charge in [-0.1, -0.05) is 53.8 Å². The summed E-state index contributed by atoms with van der Waals surface area (Å²) in [6.07, 6.45) is 6.89. The molecular formula is C26H25N5O3S2. The molecule has 8 nitrogen and oxygen atoms in total. The second-order valence-electron chi connectivity index (χ2n) is 8.52. The Bertz CT molecular complexity index is 1520. The Labute approximate surface area is 214 Å². The number of rotatable bonds is 5. The first-order chi connectivity index (χ1) is 17.4. The van der Waals surface area contributed by atoms with E-state index in [0.29, 0.717) is 23.6 Å². The number of benzene rings is 1. The van der Waals surface area contributed by atoms with Crippen LogP contribution in [-0.4, -0.2) is 59.8 Å². The van der Waals surface area contributed by atoms with Crippen molar-refractivity contribution in [1.29, 1.82) is 0 Å². The largest absolute Gasteiger partial charge is 0.410 e. The van der Waals surface area contributed by atoms with E-state index < -0.39 is 10.0 Å². The van der Waals surface area contributed by atoms with Crippen molar-refractivity contribution < 1.29 is 13.6 Å². The van der Waals surface area contributed by atoms with E-state index >= 15 is 0 Å². The number of para-hydroxylation sites is 1. The molecule has 1 aromatic carbocycles. The summed E-state index contributed by atoms with van der Waals surface area (Å²) in [5.74, 6) is 0.822. The first-order valence-corrected chi connectivity index (χ1v) is 13.7. The van der Waals surface area contributed by atoms with Gasteiger partial charge >= 0.3 is 0 Å². The van der Waals surface area contributed by atoms with Crippen molar-refractivity contribution in [3.63, 3.8) is 0 Å². The summed E-state index contributed by atoms with van der Waals surface area (Å²) in [7, 11) is -3.99. The van der Waals surface area contributed by atoms with E-state index in [1.165, 1.54) is 16.1 Å². The Hall–Kier alpha value is -3.47. The Morgan fingerprint density at radius 3 is 2.53 bits per heavy atom. The fourth-order valence-electron chi connectivity index (χ4n) is 4.24. The monoisotopic (exact) mass is 519 g/mol. The third-order valence-electron chi connectivity index (χ3n) is 6.15. The maximum Gasteiger partial charge on any atom is 0.246 e. The van der Waals surface area contributed by atoms with E-state index in [-0.39, 0.29) is 23.7 Å². The lowest BCUT2D eigenvalue weighted by atomic mass is 10.1. The fraction of sp³-hybridized carbons (Fsp3) is 0.192. The Balaban J connectivity index is 1.49. The van der Waals surface area contributed by atoms with Crippen LogP contribution in [0.15, 0.2) is 99.0 Å². The topological polar surface area (TPSA) is 99.0 Å². The number of fused-ring (bicyclic) bond motifs is 1. The molecule has 3 heterocycles. The van der Waals surface area contributed by atoms with E-state index in [1.807, 2.05) is 49.4 Å². The van der Waals surface area contributed by atoms with Crippen LogP contribution in [-0.2, 0) is 10.0 Å². The average molecular weight is 520 g/mol. The van der Waals surface area contributed by atoms with Crippen LogP contribution >= 0.6 is 11.8 Å². The van der Waals surface area contributed by atoms with Gasteiger partial charge < -0.3 is 10.1 Å². The van der Waals surface area contributed by atoms with Gasteiger partial charge in [-0.15, -0.1) is 0 Å². The molecule has 184 valence electrons. The van der Waals surface area contributed by atoms with E-state index in [0.717, 1.165) is 27.2 Å². The average Bonchev–Trinajstić information content (AvgIpc) is 2.90. The van der Waals surface area contributed by atoms with Gasteiger partial charge in [0.2, 0.25) is 10.0 Å². The van der Waals surface area contributed by atoms with Crippen LogP contribution in [0.2, 0.25) is 0 Å². The molecule has 0 saturated carbocycles.